The number of hydrogen-bond donors (Lipinski definition) is 2. The topological polar surface area (TPSA) is 55.1 Å². The first-order valence-corrected chi connectivity index (χ1v) is 7.75. The fraction of sp³-hybridized carbons (Fsp3) is 0.235. The largest absolute Gasteiger partial charge is 0.347 e. The van der Waals surface area contributed by atoms with Crippen LogP contribution in [-0.2, 0) is 13.0 Å². The summed E-state index contributed by atoms with van der Waals surface area (Å²) in [6, 6.07) is 9.78. The molecule has 3 nitrogen and oxygen atoms in total. The van der Waals surface area contributed by atoms with Crippen LogP contribution in [0.2, 0.25) is 0 Å². The van der Waals surface area contributed by atoms with Gasteiger partial charge in [-0.2, -0.15) is 0 Å². The van der Waals surface area contributed by atoms with Crippen molar-refractivity contribution in [1.29, 1.82) is 0 Å². The van der Waals surface area contributed by atoms with Crippen LogP contribution in [0.1, 0.15) is 33.3 Å². The van der Waals surface area contributed by atoms with Gasteiger partial charge in [0.2, 0.25) is 0 Å². The summed E-state index contributed by atoms with van der Waals surface area (Å²) in [6.07, 6.45) is 0.866. The fourth-order valence-electron chi connectivity index (χ4n) is 2.01. The van der Waals surface area contributed by atoms with Gasteiger partial charge in [0.15, 0.2) is 0 Å². The zero-order valence-electron chi connectivity index (χ0n) is 12.0. The van der Waals surface area contributed by atoms with Crippen LogP contribution >= 0.6 is 11.3 Å². The summed E-state index contributed by atoms with van der Waals surface area (Å²) in [5.74, 6) is 5.85. The molecule has 0 fully saturated rings. The molecule has 0 aliphatic heterocycles. The van der Waals surface area contributed by atoms with Gasteiger partial charge in [-0.1, -0.05) is 37.0 Å². The lowest BCUT2D eigenvalue weighted by Crippen LogP contribution is -2.23. The summed E-state index contributed by atoms with van der Waals surface area (Å²) < 4.78 is 0. The average Bonchev–Trinajstić information content (AvgIpc) is 3.00. The van der Waals surface area contributed by atoms with Crippen molar-refractivity contribution in [3.63, 3.8) is 0 Å². The molecule has 1 heterocycles. The van der Waals surface area contributed by atoms with Gasteiger partial charge in [-0.15, -0.1) is 11.3 Å². The summed E-state index contributed by atoms with van der Waals surface area (Å²) in [4.78, 5) is 13.0. The minimum Gasteiger partial charge on any atom is -0.347 e. The second-order valence-electron chi connectivity index (χ2n) is 4.47. The Labute approximate surface area is 129 Å². The lowest BCUT2D eigenvalue weighted by atomic mass is 10.1. The van der Waals surface area contributed by atoms with Crippen molar-refractivity contribution in [1.82, 2.24) is 5.32 Å². The van der Waals surface area contributed by atoms with Crippen molar-refractivity contribution in [2.45, 2.75) is 19.9 Å². The van der Waals surface area contributed by atoms with Gasteiger partial charge in [0.25, 0.3) is 5.91 Å². The van der Waals surface area contributed by atoms with E-state index in [4.69, 9.17) is 5.73 Å². The van der Waals surface area contributed by atoms with Gasteiger partial charge < -0.3 is 11.1 Å². The Kier molecular flexibility index (Phi) is 5.56. The third kappa shape index (κ3) is 3.94. The predicted molar refractivity (Wildman–Crippen MR) is 87.2 cm³/mol. The van der Waals surface area contributed by atoms with Crippen LogP contribution in [0.4, 0.5) is 0 Å². The Morgan fingerprint density at radius 2 is 2.10 bits per heavy atom. The van der Waals surface area contributed by atoms with E-state index in [-0.39, 0.29) is 5.91 Å². The van der Waals surface area contributed by atoms with E-state index in [0.29, 0.717) is 13.1 Å². The molecule has 21 heavy (non-hydrogen) atoms. The molecule has 0 saturated heterocycles. The molecule has 2 aromatic rings. The van der Waals surface area contributed by atoms with Crippen molar-refractivity contribution in [3.8, 4) is 11.8 Å². The highest BCUT2D eigenvalue weighted by Crippen LogP contribution is 2.17. The van der Waals surface area contributed by atoms with Crippen LogP contribution in [0.5, 0.6) is 0 Å². The van der Waals surface area contributed by atoms with E-state index < -0.39 is 0 Å². The lowest BCUT2D eigenvalue weighted by Gasteiger charge is -2.07. The van der Waals surface area contributed by atoms with Crippen molar-refractivity contribution >= 4 is 17.2 Å². The third-order valence-electron chi connectivity index (χ3n) is 3.12. The van der Waals surface area contributed by atoms with Gasteiger partial charge in [-0.3, -0.25) is 4.79 Å². The van der Waals surface area contributed by atoms with Gasteiger partial charge in [0, 0.05) is 12.1 Å². The lowest BCUT2D eigenvalue weighted by molar-refractivity contribution is 0.0954. The second-order valence-corrected chi connectivity index (χ2v) is 5.39. The van der Waals surface area contributed by atoms with Crippen LogP contribution < -0.4 is 11.1 Å². The SMILES string of the molecule is CCc1ccsc1C(=O)NCc1ccccc1C#CCN. The van der Waals surface area contributed by atoms with E-state index >= 15 is 0 Å². The van der Waals surface area contributed by atoms with Crippen molar-refractivity contribution in [2.24, 2.45) is 5.73 Å². The zero-order chi connectivity index (χ0) is 15.1. The number of thiophene rings is 1. The first-order chi connectivity index (χ1) is 10.3. The highest BCUT2D eigenvalue weighted by Gasteiger charge is 2.11. The Hall–Kier alpha value is -2.09. The van der Waals surface area contributed by atoms with Crippen LogP contribution in [0.25, 0.3) is 0 Å². The summed E-state index contributed by atoms with van der Waals surface area (Å²) >= 11 is 1.48. The summed E-state index contributed by atoms with van der Waals surface area (Å²) in [5, 5.41) is 4.92. The first kappa shape index (κ1) is 15.3. The molecule has 2 rings (SSSR count). The van der Waals surface area contributed by atoms with Gasteiger partial charge in [0.1, 0.15) is 0 Å². The Bertz CT molecular complexity index is 679. The zero-order valence-corrected chi connectivity index (χ0v) is 12.8. The Morgan fingerprint density at radius 1 is 1.29 bits per heavy atom. The fourth-order valence-corrected chi connectivity index (χ4v) is 2.92. The normalized spacial score (nSPS) is 9.81. The number of benzene rings is 1. The number of rotatable bonds is 4. The quantitative estimate of drug-likeness (QED) is 0.852. The first-order valence-electron chi connectivity index (χ1n) is 6.87. The Balaban J connectivity index is 2.08. The predicted octanol–water partition coefficient (Wildman–Crippen LogP) is 2.55. The maximum absolute atomic E-state index is 12.2. The molecule has 0 unspecified atom stereocenters. The number of amides is 1. The number of carbonyl (C=O) groups is 1. The van der Waals surface area contributed by atoms with E-state index in [9.17, 15) is 4.79 Å². The van der Waals surface area contributed by atoms with Gasteiger partial charge in [-0.05, 0) is 35.1 Å². The molecule has 0 aliphatic carbocycles. The molecule has 0 bridgehead atoms. The van der Waals surface area contributed by atoms with Crippen molar-refractivity contribution in [2.75, 3.05) is 6.54 Å². The molecule has 1 aromatic heterocycles. The van der Waals surface area contributed by atoms with Crippen LogP contribution in [-0.4, -0.2) is 12.5 Å². The molecule has 0 spiro atoms. The molecule has 0 saturated carbocycles. The molecule has 108 valence electrons. The van der Waals surface area contributed by atoms with E-state index in [1.165, 1.54) is 11.3 Å². The number of nitrogens with two attached hydrogens (primary N) is 1. The van der Waals surface area contributed by atoms with Crippen LogP contribution in [0.15, 0.2) is 35.7 Å². The van der Waals surface area contributed by atoms with Gasteiger partial charge in [-0.25, -0.2) is 0 Å². The maximum Gasteiger partial charge on any atom is 0.261 e. The molecule has 0 aliphatic rings. The highest BCUT2D eigenvalue weighted by atomic mass is 32.1. The van der Waals surface area contributed by atoms with Crippen molar-refractivity contribution < 1.29 is 4.79 Å². The number of nitrogens with one attached hydrogen (secondary N) is 1. The molecule has 1 aromatic carbocycles. The molecule has 0 atom stereocenters. The number of hydrogen-bond acceptors (Lipinski definition) is 3. The number of aryl methyl sites for hydroxylation is 1. The molecule has 0 radical (unpaired) electrons. The average molecular weight is 298 g/mol. The minimum atomic E-state index is -0.0246. The molecular formula is C17H18N2OS. The molecular weight excluding hydrogens is 280 g/mol. The van der Waals surface area contributed by atoms with E-state index in [1.807, 2.05) is 35.7 Å². The maximum atomic E-state index is 12.2. The van der Waals surface area contributed by atoms with Gasteiger partial charge >= 0.3 is 0 Å². The van der Waals surface area contributed by atoms with Crippen LogP contribution in [0, 0.1) is 11.8 Å². The second kappa shape index (κ2) is 7.63. The highest BCUT2D eigenvalue weighted by molar-refractivity contribution is 7.12. The monoisotopic (exact) mass is 298 g/mol. The summed E-state index contributed by atoms with van der Waals surface area (Å²) in [6.45, 7) is 2.85. The van der Waals surface area contributed by atoms with E-state index in [1.54, 1.807) is 0 Å². The standard InChI is InChI=1S/C17H18N2OS/c1-2-13-9-11-21-16(13)17(20)19-12-15-7-4-3-6-14(15)8-5-10-18/h3-4,6-7,9,11H,2,10,12,18H2,1H3,(H,19,20). The van der Waals surface area contributed by atoms with E-state index in [2.05, 4.69) is 24.1 Å². The van der Waals surface area contributed by atoms with E-state index in [0.717, 1.165) is 28.0 Å². The molecule has 4 heteroatoms. The van der Waals surface area contributed by atoms with Crippen molar-refractivity contribution in [3.05, 3.63) is 57.3 Å². The summed E-state index contributed by atoms with van der Waals surface area (Å²) in [7, 11) is 0. The van der Waals surface area contributed by atoms with Crippen LogP contribution in [0.3, 0.4) is 0 Å². The smallest absolute Gasteiger partial charge is 0.261 e. The third-order valence-corrected chi connectivity index (χ3v) is 4.07. The number of carbonyl (C=O) groups excluding carboxylic acids is 1. The Morgan fingerprint density at radius 3 is 2.86 bits per heavy atom. The molecule has 1 amide bonds. The summed E-state index contributed by atoms with van der Waals surface area (Å²) in [5.41, 5.74) is 8.40. The minimum absolute atomic E-state index is 0.0246. The molecule has 3 N–H and O–H groups in total. The van der Waals surface area contributed by atoms with Gasteiger partial charge in [0.05, 0.1) is 11.4 Å².